The van der Waals surface area contributed by atoms with Crippen LogP contribution in [0.1, 0.15) is 13.3 Å². The van der Waals surface area contributed by atoms with Crippen LogP contribution in [0.5, 0.6) is 0 Å². The van der Waals surface area contributed by atoms with Gasteiger partial charge in [0.25, 0.3) is 0 Å². The van der Waals surface area contributed by atoms with Gasteiger partial charge in [-0.2, -0.15) is 0 Å². The molecule has 17 heavy (non-hydrogen) atoms. The van der Waals surface area contributed by atoms with Gasteiger partial charge in [-0.05, 0) is 6.92 Å². The number of aliphatic carboxylic acids is 1. The number of carbonyl (C=O) groups is 3. The number of carboxylic acid groups (broad SMARTS) is 1. The van der Waals surface area contributed by atoms with E-state index in [4.69, 9.17) is 10.8 Å². The second kappa shape index (κ2) is 5.00. The maximum absolute atomic E-state index is 11.7. The van der Waals surface area contributed by atoms with E-state index in [1.807, 2.05) is 0 Å². The Balaban J connectivity index is 2.67. The lowest BCUT2D eigenvalue weighted by Gasteiger charge is -2.23. The molecule has 5 N–H and O–H groups in total. The first-order valence-corrected chi connectivity index (χ1v) is 5.10. The van der Waals surface area contributed by atoms with Crippen LogP contribution in [-0.4, -0.2) is 57.8 Å². The first kappa shape index (κ1) is 13.2. The summed E-state index contributed by atoms with van der Waals surface area (Å²) in [5, 5.41) is 20.5. The zero-order chi connectivity index (χ0) is 13.2. The number of carbonyl (C=O) groups excluding carboxylic acids is 2. The number of likely N-dealkylation sites (tertiary alicyclic amines) is 1. The highest BCUT2D eigenvalue weighted by Crippen LogP contribution is 2.18. The van der Waals surface area contributed by atoms with E-state index in [1.165, 1.54) is 6.92 Å². The van der Waals surface area contributed by atoms with Crippen LogP contribution in [0.3, 0.4) is 0 Å². The summed E-state index contributed by atoms with van der Waals surface area (Å²) < 4.78 is 0. The number of amides is 3. The van der Waals surface area contributed by atoms with E-state index in [1.54, 1.807) is 0 Å². The summed E-state index contributed by atoms with van der Waals surface area (Å²) in [7, 11) is 0. The van der Waals surface area contributed by atoms with E-state index >= 15 is 0 Å². The SMILES string of the molecule is CC(NC(=O)N1C[C@H](O)C[C@@H]1C(=O)O)C(N)=O. The van der Waals surface area contributed by atoms with Gasteiger partial charge in [-0.1, -0.05) is 0 Å². The number of nitrogens with two attached hydrogens (primary N) is 1. The molecule has 0 bridgehead atoms. The summed E-state index contributed by atoms with van der Waals surface area (Å²) in [6.07, 6.45) is -0.890. The number of nitrogens with one attached hydrogen (secondary N) is 1. The fourth-order valence-corrected chi connectivity index (χ4v) is 1.61. The molecule has 0 spiro atoms. The van der Waals surface area contributed by atoms with Crippen molar-refractivity contribution < 1.29 is 24.6 Å². The minimum Gasteiger partial charge on any atom is -0.480 e. The number of aliphatic hydroxyl groups excluding tert-OH is 1. The summed E-state index contributed by atoms with van der Waals surface area (Å²) >= 11 is 0. The first-order valence-electron chi connectivity index (χ1n) is 5.10. The smallest absolute Gasteiger partial charge is 0.326 e. The van der Waals surface area contributed by atoms with E-state index in [0.717, 1.165) is 4.90 Å². The summed E-state index contributed by atoms with van der Waals surface area (Å²) in [6.45, 7) is 1.32. The molecule has 1 heterocycles. The van der Waals surface area contributed by atoms with Gasteiger partial charge < -0.3 is 26.2 Å². The van der Waals surface area contributed by atoms with Crippen LogP contribution in [0.2, 0.25) is 0 Å². The van der Waals surface area contributed by atoms with Gasteiger partial charge in [0.2, 0.25) is 5.91 Å². The summed E-state index contributed by atoms with van der Waals surface area (Å²) in [6, 6.07) is -2.69. The number of β-amino-alcohol motifs (C(OH)–C–C–N with tert-alkyl or cyclic N) is 1. The van der Waals surface area contributed by atoms with Gasteiger partial charge in [0.1, 0.15) is 12.1 Å². The Morgan fingerprint density at radius 2 is 2.06 bits per heavy atom. The highest BCUT2D eigenvalue weighted by molar-refractivity contribution is 5.88. The van der Waals surface area contributed by atoms with Crippen LogP contribution >= 0.6 is 0 Å². The van der Waals surface area contributed by atoms with E-state index in [0.29, 0.717) is 0 Å². The molecular weight excluding hydrogens is 230 g/mol. The standard InChI is InChI=1S/C9H15N3O5/c1-4(7(10)14)11-9(17)12-3-5(13)2-6(12)8(15)16/h4-6,13H,2-3H2,1H3,(H2,10,14)(H,11,17)(H,15,16)/t4?,5-,6-/m1/s1. The van der Waals surface area contributed by atoms with Crippen LogP contribution in [0.4, 0.5) is 4.79 Å². The fourth-order valence-electron chi connectivity index (χ4n) is 1.61. The Morgan fingerprint density at radius 1 is 1.47 bits per heavy atom. The zero-order valence-electron chi connectivity index (χ0n) is 9.29. The number of nitrogens with zero attached hydrogens (tertiary/aromatic N) is 1. The maximum Gasteiger partial charge on any atom is 0.326 e. The third kappa shape index (κ3) is 3.06. The van der Waals surface area contributed by atoms with Crippen LogP contribution in [-0.2, 0) is 9.59 Å². The van der Waals surface area contributed by atoms with Crippen molar-refractivity contribution in [3.8, 4) is 0 Å². The van der Waals surface area contributed by atoms with Crippen molar-refractivity contribution in [1.82, 2.24) is 10.2 Å². The molecule has 3 amide bonds. The van der Waals surface area contributed by atoms with Gasteiger partial charge in [-0.25, -0.2) is 9.59 Å². The summed E-state index contributed by atoms with van der Waals surface area (Å²) in [5.41, 5.74) is 4.97. The van der Waals surface area contributed by atoms with Crippen LogP contribution in [0.15, 0.2) is 0 Å². The minimum absolute atomic E-state index is 0.0201. The largest absolute Gasteiger partial charge is 0.480 e. The molecule has 0 radical (unpaired) electrons. The van der Waals surface area contributed by atoms with E-state index < -0.39 is 36.1 Å². The lowest BCUT2D eigenvalue weighted by atomic mass is 10.2. The van der Waals surface area contributed by atoms with Crippen molar-refractivity contribution in [3.63, 3.8) is 0 Å². The van der Waals surface area contributed by atoms with Crippen molar-refractivity contribution in [2.75, 3.05) is 6.54 Å². The molecule has 1 fully saturated rings. The van der Waals surface area contributed by atoms with Gasteiger partial charge >= 0.3 is 12.0 Å². The average Bonchev–Trinajstić information content (AvgIpc) is 2.60. The molecule has 1 unspecified atom stereocenters. The topological polar surface area (TPSA) is 133 Å². The predicted molar refractivity (Wildman–Crippen MR) is 55.9 cm³/mol. The first-order chi connectivity index (χ1) is 7.82. The monoisotopic (exact) mass is 245 g/mol. The molecule has 0 aromatic heterocycles. The van der Waals surface area contributed by atoms with Gasteiger partial charge in [0.15, 0.2) is 0 Å². The van der Waals surface area contributed by atoms with Crippen molar-refractivity contribution in [1.29, 1.82) is 0 Å². The number of primary amides is 1. The third-order valence-electron chi connectivity index (χ3n) is 2.59. The van der Waals surface area contributed by atoms with E-state index in [2.05, 4.69) is 5.32 Å². The Labute approximate surface area is 97.4 Å². The van der Waals surface area contributed by atoms with Gasteiger partial charge in [-0.3, -0.25) is 4.79 Å². The Hall–Kier alpha value is -1.83. The molecule has 1 aliphatic heterocycles. The quantitative estimate of drug-likeness (QED) is 0.460. The molecule has 3 atom stereocenters. The number of carboxylic acids is 1. The summed E-state index contributed by atoms with van der Waals surface area (Å²) in [4.78, 5) is 34.2. The Kier molecular flexibility index (Phi) is 3.89. The van der Waals surface area contributed by atoms with Crippen LogP contribution in [0, 0.1) is 0 Å². The minimum atomic E-state index is -1.19. The highest BCUT2D eigenvalue weighted by atomic mass is 16.4. The van der Waals surface area contributed by atoms with Crippen molar-refractivity contribution in [3.05, 3.63) is 0 Å². The third-order valence-corrected chi connectivity index (χ3v) is 2.59. The van der Waals surface area contributed by atoms with E-state index in [9.17, 15) is 19.5 Å². The van der Waals surface area contributed by atoms with Gasteiger partial charge in [-0.15, -0.1) is 0 Å². The molecule has 96 valence electrons. The normalized spacial score (nSPS) is 25.4. The second-order valence-corrected chi connectivity index (χ2v) is 3.97. The predicted octanol–water partition coefficient (Wildman–Crippen LogP) is -1.91. The van der Waals surface area contributed by atoms with Crippen LogP contribution < -0.4 is 11.1 Å². The summed E-state index contributed by atoms with van der Waals surface area (Å²) in [5.74, 6) is -1.91. The van der Waals surface area contributed by atoms with Crippen molar-refractivity contribution in [2.45, 2.75) is 31.5 Å². The molecule has 0 aromatic carbocycles. The average molecular weight is 245 g/mol. The second-order valence-electron chi connectivity index (χ2n) is 3.97. The number of hydrogen-bond donors (Lipinski definition) is 4. The lowest BCUT2D eigenvalue weighted by molar-refractivity contribution is -0.141. The molecule has 8 heteroatoms. The zero-order valence-corrected chi connectivity index (χ0v) is 9.29. The maximum atomic E-state index is 11.7. The van der Waals surface area contributed by atoms with Gasteiger partial charge in [0.05, 0.1) is 6.10 Å². The lowest BCUT2D eigenvalue weighted by Crippen LogP contribution is -2.51. The fraction of sp³-hybridized carbons (Fsp3) is 0.667. The molecule has 0 aliphatic carbocycles. The molecular formula is C9H15N3O5. The van der Waals surface area contributed by atoms with Crippen LogP contribution in [0.25, 0.3) is 0 Å². The Morgan fingerprint density at radius 3 is 2.53 bits per heavy atom. The van der Waals surface area contributed by atoms with E-state index in [-0.39, 0.29) is 13.0 Å². The molecule has 8 nitrogen and oxygen atoms in total. The number of rotatable bonds is 3. The van der Waals surface area contributed by atoms with Gasteiger partial charge in [0, 0.05) is 13.0 Å². The molecule has 1 aliphatic rings. The number of aliphatic hydroxyl groups is 1. The number of hydrogen-bond acceptors (Lipinski definition) is 4. The molecule has 1 rings (SSSR count). The highest BCUT2D eigenvalue weighted by Gasteiger charge is 2.39. The Bertz CT molecular complexity index is 346. The molecule has 0 saturated carbocycles. The number of urea groups is 1. The van der Waals surface area contributed by atoms with Crippen molar-refractivity contribution in [2.24, 2.45) is 5.73 Å². The molecule has 0 aromatic rings. The van der Waals surface area contributed by atoms with Crippen molar-refractivity contribution >= 4 is 17.9 Å². The molecule has 1 saturated heterocycles.